The summed E-state index contributed by atoms with van der Waals surface area (Å²) in [4.78, 5) is 14.2. The zero-order valence-electron chi connectivity index (χ0n) is 13.0. The van der Waals surface area contributed by atoms with E-state index in [0.717, 1.165) is 38.8 Å². The Morgan fingerprint density at radius 3 is 2.43 bits per heavy atom. The predicted molar refractivity (Wildman–Crippen MR) is 83.9 cm³/mol. The Morgan fingerprint density at radius 1 is 1.19 bits per heavy atom. The van der Waals surface area contributed by atoms with Crippen molar-refractivity contribution in [1.82, 2.24) is 10.2 Å². The lowest BCUT2D eigenvalue weighted by Gasteiger charge is -2.23. The fourth-order valence-corrected chi connectivity index (χ4v) is 4.98. The van der Waals surface area contributed by atoms with E-state index in [9.17, 15) is 13.2 Å². The van der Waals surface area contributed by atoms with Crippen molar-refractivity contribution in [2.45, 2.75) is 63.2 Å². The molecule has 0 unspecified atom stereocenters. The van der Waals surface area contributed by atoms with Crippen LogP contribution in [0.4, 0.5) is 0 Å². The summed E-state index contributed by atoms with van der Waals surface area (Å²) in [7, 11) is -2.89. The molecule has 2 aliphatic heterocycles. The number of likely N-dealkylation sites (tertiary alicyclic amines) is 1. The van der Waals surface area contributed by atoms with E-state index in [-0.39, 0.29) is 17.2 Å². The second-order valence-corrected chi connectivity index (χ2v) is 8.84. The van der Waals surface area contributed by atoms with Crippen LogP contribution in [0.5, 0.6) is 0 Å². The minimum Gasteiger partial charge on any atom is -0.343 e. The van der Waals surface area contributed by atoms with E-state index >= 15 is 0 Å². The molecule has 2 saturated heterocycles. The molecule has 2 atom stereocenters. The zero-order valence-corrected chi connectivity index (χ0v) is 13.8. The van der Waals surface area contributed by atoms with Gasteiger partial charge >= 0.3 is 0 Å². The molecule has 2 rings (SSSR count). The Morgan fingerprint density at radius 2 is 1.86 bits per heavy atom. The summed E-state index contributed by atoms with van der Waals surface area (Å²) in [5.74, 6) is 0.520. The summed E-state index contributed by atoms with van der Waals surface area (Å²) in [6.45, 7) is 4.21. The van der Waals surface area contributed by atoms with Crippen molar-refractivity contribution >= 4 is 15.7 Å². The van der Waals surface area contributed by atoms with Gasteiger partial charge in [0.2, 0.25) is 5.91 Å². The molecule has 0 aromatic rings. The molecule has 0 aromatic carbocycles. The number of hydrogen-bond acceptors (Lipinski definition) is 4. The van der Waals surface area contributed by atoms with Crippen LogP contribution in [0.25, 0.3) is 0 Å². The first kappa shape index (κ1) is 16.7. The first-order valence-corrected chi connectivity index (χ1v) is 9.93. The van der Waals surface area contributed by atoms with Crippen molar-refractivity contribution in [3.8, 4) is 0 Å². The molecule has 0 bridgehead atoms. The largest absolute Gasteiger partial charge is 0.343 e. The Bertz CT molecular complexity index is 442. The summed E-state index contributed by atoms with van der Waals surface area (Å²) < 4.78 is 23.5. The fourth-order valence-electron chi connectivity index (χ4n) is 3.20. The topological polar surface area (TPSA) is 66.5 Å². The van der Waals surface area contributed by atoms with Crippen LogP contribution in [-0.4, -0.2) is 55.9 Å². The molecule has 0 spiro atoms. The summed E-state index contributed by atoms with van der Waals surface area (Å²) in [6.07, 6.45) is 6.64. The van der Waals surface area contributed by atoms with Crippen LogP contribution in [0.3, 0.4) is 0 Å². The first-order valence-electron chi connectivity index (χ1n) is 8.22. The number of amides is 1. The smallest absolute Gasteiger partial charge is 0.224 e. The van der Waals surface area contributed by atoms with Gasteiger partial charge in [0.25, 0.3) is 0 Å². The Balaban J connectivity index is 1.73. The third-order valence-corrected chi connectivity index (χ3v) is 6.87. The fraction of sp³-hybridized carbons (Fsp3) is 0.933. The highest BCUT2D eigenvalue weighted by atomic mass is 32.2. The number of rotatable bonds is 5. The highest BCUT2D eigenvalue weighted by molar-refractivity contribution is 7.92. The predicted octanol–water partition coefficient (Wildman–Crippen LogP) is 1.33. The number of carbonyl (C=O) groups is 1. The van der Waals surface area contributed by atoms with Gasteiger partial charge in [0, 0.05) is 32.1 Å². The third-order valence-electron chi connectivity index (χ3n) is 4.60. The Hall–Kier alpha value is -0.620. The van der Waals surface area contributed by atoms with E-state index in [2.05, 4.69) is 5.32 Å². The molecule has 2 aliphatic rings. The number of nitrogens with zero attached hydrogens (tertiary/aromatic N) is 1. The van der Waals surface area contributed by atoms with Crippen LogP contribution in [0.1, 0.15) is 51.9 Å². The van der Waals surface area contributed by atoms with Crippen molar-refractivity contribution in [3.63, 3.8) is 0 Å². The third kappa shape index (κ3) is 4.95. The molecule has 0 aromatic heterocycles. The molecule has 1 amide bonds. The van der Waals surface area contributed by atoms with Gasteiger partial charge in [-0.1, -0.05) is 12.8 Å². The van der Waals surface area contributed by atoms with Gasteiger partial charge in [-0.05, 0) is 32.6 Å². The van der Waals surface area contributed by atoms with Crippen LogP contribution >= 0.6 is 0 Å². The highest BCUT2D eigenvalue weighted by Gasteiger charge is 2.31. The van der Waals surface area contributed by atoms with Crippen LogP contribution in [0, 0.1) is 0 Å². The molecule has 5 nitrogen and oxygen atoms in total. The summed E-state index contributed by atoms with van der Waals surface area (Å²) in [5, 5.41) is 2.98. The molecule has 0 aliphatic carbocycles. The van der Waals surface area contributed by atoms with Gasteiger partial charge in [-0.15, -0.1) is 0 Å². The van der Waals surface area contributed by atoms with Crippen molar-refractivity contribution in [2.24, 2.45) is 0 Å². The molecule has 122 valence electrons. The summed E-state index contributed by atoms with van der Waals surface area (Å²) in [6, 6.07) is 0.0385. The van der Waals surface area contributed by atoms with Gasteiger partial charge in [-0.25, -0.2) is 8.42 Å². The quantitative estimate of drug-likeness (QED) is 0.831. The average molecular weight is 316 g/mol. The van der Waals surface area contributed by atoms with Crippen molar-refractivity contribution < 1.29 is 13.2 Å². The minimum atomic E-state index is -2.89. The van der Waals surface area contributed by atoms with Crippen molar-refractivity contribution in [2.75, 3.05) is 25.4 Å². The maximum Gasteiger partial charge on any atom is 0.224 e. The van der Waals surface area contributed by atoms with Gasteiger partial charge in [0.15, 0.2) is 9.84 Å². The van der Waals surface area contributed by atoms with Gasteiger partial charge in [0.1, 0.15) is 0 Å². The minimum absolute atomic E-state index is 0.0385. The van der Waals surface area contributed by atoms with E-state index in [1.54, 1.807) is 0 Å². The number of carbonyl (C=O) groups excluding carboxylic acids is 1. The van der Waals surface area contributed by atoms with E-state index in [0.29, 0.717) is 18.7 Å². The molecular weight excluding hydrogens is 288 g/mol. The van der Waals surface area contributed by atoms with Gasteiger partial charge in [-0.3, -0.25) is 4.79 Å². The van der Waals surface area contributed by atoms with E-state index in [4.69, 9.17) is 0 Å². The zero-order chi connectivity index (χ0) is 15.3. The van der Waals surface area contributed by atoms with Crippen LogP contribution in [0.2, 0.25) is 0 Å². The van der Waals surface area contributed by atoms with Crippen molar-refractivity contribution in [3.05, 3.63) is 0 Å². The first-order chi connectivity index (χ1) is 9.99. The van der Waals surface area contributed by atoms with Gasteiger partial charge < -0.3 is 10.2 Å². The maximum atomic E-state index is 12.3. The SMILES string of the molecule is C[C@H](CC(=O)N1CCCCCC1)NC[C@H]1CCCS1(=O)=O. The molecule has 21 heavy (non-hydrogen) atoms. The summed E-state index contributed by atoms with van der Waals surface area (Å²) >= 11 is 0. The normalized spacial score (nSPS) is 27.3. The number of nitrogens with one attached hydrogen (secondary N) is 1. The second-order valence-electron chi connectivity index (χ2n) is 6.44. The van der Waals surface area contributed by atoms with Crippen LogP contribution < -0.4 is 5.32 Å². The lowest BCUT2D eigenvalue weighted by atomic mass is 10.2. The van der Waals surface area contributed by atoms with Crippen LogP contribution in [-0.2, 0) is 14.6 Å². The van der Waals surface area contributed by atoms with Crippen LogP contribution in [0.15, 0.2) is 0 Å². The molecule has 0 saturated carbocycles. The lowest BCUT2D eigenvalue weighted by molar-refractivity contribution is -0.131. The van der Waals surface area contributed by atoms with E-state index < -0.39 is 9.84 Å². The molecule has 0 radical (unpaired) electrons. The average Bonchev–Trinajstić information content (AvgIpc) is 2.66. The Labute approximate surface area is 128 Å². The van der Waals surface area contributed by atoms with Gasteiger partial charge in [0.05, 0.1) is 11.0 Å². The maximum absolute atomic E-state index is 12.3. The van der Waals surface area contributed by atoms with Crippen molar-refractivity contribution in [1.29, 1.82) is 0 Å². The van der Waals surface area contributed by atoms with E-state index in [1.807, 2.05) is 11.8 Å². The molecular formula is C15H28N2O3S. The second kappa shape index (κ2) is 7.58. The Kier molecular flexibility index (Phi) is 6.05. The molecule has 6 heteroatoms. The summed E-state index contributed by atoms with van der Waals surface area (Å²) in [5.41, 5.74) is 0. The molecule has 2 heterocycles. The van der Waals surface area contributed by atoms with Gasteiger partial charge in [-0.2, -0.15) is 0 Å². The number of sulfone groups is 1. The number of hydrogen-bond donors (Lipinski definition) is 1. The molecule has 1 N–H and O–H groups in total. The van der Waals surface area contributed by atoms with E-state index in [1.165, 1.54) is 12.8 Å². The molecule has 2 fully saturated rings. The highest BCUT2D eigenvalue weighted by Crippen LogP contribution is 2.19. The lowest BCUT2D eigenvalue weighted by Crippen LogP contribution is -2.40. The monoisotopic (exact) mass is 316 g/mol. The standard InChI is InChI=1S/C15H28N2O3S/c1-13(16-12-14-7-6-10-21(14,19)20)11-15(18)17-8-4-2-3-5-9-17/h13-14,16H,2-12H2,1H3/t13-,14-/m1/s1.